The SMILES string of the molecule is O=C(CCN1CCn2nc([C@H](O)Cc3ccccc3)cc2C1)NC1CCCC1. The van der Waals surface area contributed by atoms with Crippen LogP contribution in [-0.2, 0) is 24.3 Å². The Morgan fingerprint density at radius 3 is 2.79 bits per heavy atom. The van der Waals surface area contributed by atoms with Gasteiger partial charge in [-0.15, -0.1) is 0 Å². The molecule has 2 aromatic rings. The normalized spacial score (nSPS) is 18.8. The van der Waals surface area contributed by atoms with Crippen molar-refractivity contribution in [3.8, 4) is 0 Å². The Balaban J connectivity index is 1.28. The molecule has 1 amide bonds. The lowest BCUT2D eigenvalue weighted by atomic mass is 10.1. The first kappa shape index (κ1) is 19.2. The van der Waals surface area contributed by atoms with Crippen LogP contribution in [-0.4, -0.2) is 44.8 Å². The third-order valence-corrected chi connectivity index (χ3v) is 5.88. The van der Waals surface area contributed by atoms with E-state index in [1.807, 2.05) is 41.1 Å². The largest absolute Gasteiger partial charge is 0.386 e. The van der Waals surface area contributed by atoms with Gasteiger partial charge in [-0.3, -0.25) is 14.4 Å². The van der Waals surface area contributed by atoms with E-state index in [9.17, 15) is 9.90 Å². The van der Waals surface area contributed by atoms with Gasteiger partial charge in [0.1, 0.15) is 6.10 Å². The van der Waals surface area contributed by atoms with Gasteiger partial charge in [0.05, 0.1) is 17.9 Å². The highest BCUT2D eigenvalue weighted by Gasteiger charge is 2.22. The summed E-state index contributed by atoms with van der Waals surface area (Å²) in [5.74, 6) is 0.171. The molecule has 28 heavy (non-hydrogen) atoms. The lowest BCUT2D eigenvalue weighted by Gasteiger charge is -2.27. The molecular formula is C22H30N4O2. The van der Waals surface area contributed by atoms with Crippen LogP contribution in [0.15, 0.2) is 36.4 Å². The average Bonchev–Trinajstić information content (AvgIpc) is 3.36. The fraction of sp³-hybridized carbons (Fsp3) is 0.545. The smallest absolute Gasteiger partial charge is 0.221 e. The summed E-state index contributed by atoms with van der Waals surface area (Å²) in [5, 5.41) is 18.3. The molecule has 0 radical (unpaired) electrons. The fourth-order valence-electron chi connectivity index (χ4n) is 4.27. The van der Waals surface area contributed by atoms with Crippen LogP contribution >= 0.6 is 0 Å². The zero-order valence-electron chi connectivity index (χ0n) is 16.4. The molecule has 6 heteroatoms. The molecule has 4 rings (SSSR count). The number of aliphatic hydroxyl groups is 1. The van der Waals surface area contributed by atoms with Gasteiger partial charge < -0.3 is 10.4 Å². The van der Waals surface area contributed by atoms with Crippen LogP contribution in [0, 0.1) is 0 Å². The number of benzene rings is 1. The number of carbonyl (C=O) groups excluding carboxylic acids is 1. The van der Waals surface area contributed by atoms with Crippen LogP contribution in [0.3, 0.4) is 0 Å². The number of carbonyl (C=O) groups is 1. The number of aliphatic hydroxyl groups excluding tert-OH is 1. The number of nitrogens with one attached hydrogen (secondary N) is 1. The molecule has 0 saturated heterocycles. The quantitative estimate of drug-likeness (QED) is 0.772. The molecule has 2 aliphatic rings. The predicted molar refractivity (Wildman–Crippen MR) is 108 cm³/mol. The zero-order chi connectivity index (χ0) is 19.3. The maximum Gasteiger partial charge on any atom is 0.221 e. The molecular weight excluding hydrogens is 352 g/mol. The molecule has 0 bridgehead atoms. The number of aromatic nitrogens is 2. The highest BCUT2D eigenvalue weighted by Crippen LogP contribution is 2.21. The molecule has 1 fully saturated rings. The van der Waals surface area contributed by atoms with Crippen molar-refractivity contribution >= 4 is 5.91 Å². The van der Waals surface area contributed by atoms with Gasteiger partial charge >= 0.3 is 0 Å². The minimum atomic E-state index is -0.592. The van der Waals surface area contributed by atoms with E-state index in [2.05, 4.69) is 15.3 Å². The Hall–Kier alpha value is -2.18. The number of rotatable bonds is 7. The first-order valence-electron chi connectivity index (χ1n) is 10.5. The Morgan fingerprint density at radius 2 is 2.00 bits per heavy atom. The topological polar surface area (TPSA) is 70.4 Å². The number of hydrogen-bond acceptors (Lipinski definition) is 4. The minimum Gasteiger partial charge on any atom is -0.386 e. The van der Waals surface area contributed by atoms with E-state index >= 15 is 0 Å². The molecule has 1 atom stereocenters. The van der Waals surface area contributed by atoms with Crippen molar-refractivity contribution in [2.75, 3.05) is 13.1 Å². The van der Waals surface area contributed by atoms with E-state index in [0.29, 0.717) is 18.9 Å². The van der Waals surface area contributed by atoms with Crippen molar-refractivity contribution in [2.24, 2.45) is 0 Å². The number of amides is 1. The molecule has 1 aromatic carbocycles. The van der Waals surface area contributed by atoms with Crippen LogP contribution in [0.5, 0.6) is 0 Å². The first-order valence-corrected chi connectivity index (χ1v) is 10.5. The molecule has 2 N–H and O–H groups in total. The summed E-state index contributed by atoms with van der Waals surface area (Å²) in [6, 6.07) is 12.4. The van der Waals surface area contributed by atoms with E-state index in [1.54, 1.807) is 0 Å². The molecule has 1 aliphatic carbocycles. The van der Waals surface area contributed by atoms with Gasteiger partial charge in [-0.25, -0.2) is 0 Å². The van der Waals surface area contributed by atoms with Gasteiger partial charge in [0.2, 0.25) is 5.91 Å². The van der Waals surface area contributed by atoms with Gasteiger partial charge in [-0.2, -0.15) is 5.10 Å². The number of fused-ring (bicyclic) bond motifs is 1. The predicted octanol–water partition coefficient (Wildman–Crippen LogP) is 2.42. The van der Waals surface area contributed by atoms with Crippen LogP contribution < -0.4 is 5.32 Å². The van der Waals surface area contributed by atoms with Crippen LogP contribution in [0.2, 0.25) is 0 Å². The van der Waals surface area contributed by atoms with Gasteiger partial charge in [-0.05, 0) is 24.5 Å². The highest BCUT2D eigenvalue weighted by molar-refractivity contribution is 5.76. The highest BCUT2D eigenvalue weighted by atomic mass is 16.3. The van der Waals surface area contributed by atoms with E-state index in [4.69, 9.17) is 0 Å². The van der Waals surface area contributed by atoms with Gasteiger partial charge in [0, 0.05) is 38.5 Å². The average molecular weight is 383 g/mol. The summed E-state index contributed by atoms with van der Waals surface area (Å²) >= 11 is 0. The van der Waals surface area contributed by atoms with Crippen molar-refractivity contribution in [1.29, 1.82) is 0 Å². The lowest BCUT2D eigenvalue weighted by molar-refractivity contribution is -0.122. The van der Waals surface area contributed by atoms with Crippen molar-refractivity contribution in [3.05, 3.63) is 53.3 Å². The Kier molecular flexibility index (Phi) is 6.07. The van der Waals surface area contributed by atoms with Gasteiger partial charge in [-0.1, -0.05) is 43.2 Å². The molecule has 0 unspecified atom stereocenters. The van der Waals surface area contributed by atoms with E-state index in [-0.39, 0.29) is 5.91 Å². The molecule has 1 aliphatic heterocycles. The minimum absolute atomic E-state index is 0.171. The van der Waals surface area contributed by atoms with Crippen molar-refractivity contribution in [2.45, 2.75) is 63.8 Å². The van der Waals surface area contributed by atoms with E-state index < -0.39 is 6.10 Å². The lowest BCUT2D eigenvalue weighted by Crippen LogP contribution is -2.38. The van der Waals surface area contributed by atoms with Crippen LogP contribution in [0.1, 0.15) is 55.2 Å². The maximum absolute atomic E-state index is 12.2. The third kappa shape index (κ3) is 4.80. The van der Waals surface area contributed by atoms with Crippen molar-refractivity contribution in [1.82, 2.24) is 20.0 Å². The first-order chi connectivity index (χ1) is 13.7. The van der Waals surface area contributed by atoms with Crippen molar-refractivity contribution < 1.29 is 9.90 Å². The summed E-state index contributed by atoms with van der Waals surface area (Å²) in [4.78, 5) is 14.5. The molecule has 1 aromatic heterocycles. The van der Waals surface area contributed by atoms with Gasteiger partial charge in [0.15, 0.2) is 0 Å². The summed E-state index contributed by atoms with van der Waals surface area (Å²) in [6.07, 6.45) is 5.26. The Morgan fingerprint density at radius 1 is 1.21 bits per heavy atom. The molecule has 2 heterocycles. The fourth-order valence-corrected chi connectivity index (χ4v) is 4.27. The maximum atomic E-state index is 12.2. The zero-order valence-corrected chi connectivity index (χ0v) is 16.4. The Labute approximate surface area is 166 Å². The van der Waals surface area contributed by atoms with Gasteiger partial charge in [0.25, 0.3) is 0 Å². The number of hydrogen-bond donors (Lipinski definition) is 2. The summed E-state index contributed by atoms with van der Waals surface area (Å²) in [6.45, 7) is 3.24. The molecule has 1 saturated carbocycles. The third-order valence-electron chi connectivity index (χ3n) is 5.88. The monoisotopic (exact) mass is 382 g/mol. The molecule has 6 nitrogen and oxygen atoms in total. The van der Waals surface area contributed by atoms with Crippen molar-refractivity contribution in [3.63, 3.8) is 0 Å². The summed E-state index contributed by atoms with van der Waals surface area (Å²) < 4.78 is 2.00. The Bertz CT molecular complexity index is 783. The number of nitrogens with zero attached hydrogens (tertiary/aromatic N) is 3. The van der Waals surface area contributed by atoms with Crippen LogP contribution in [0.25, 0.3) is 0 Å². The summed E-state index contributed by atoms with van der Waals surface area (Å²) in [5.41, 5.74) is 2.96. The molecule has 0 spiro atoms. The van der Waals surface area contributed by atoms with E-state index in [1.165, 1.54) is 12.8 Å². The molecule has 150 valence electrons. The second-order valence-corrected chi connectivity index (χ2v) is 8.06. The van der Waals surface area contributed by atoms with E-state index in [0.717, 1.165) is 56.0 Å². The second-order valence-electron chi connectivity index (χ2n) is 8.06. The second kappa shape index (κ2) is 8.88. The van der Waals surface area contributed by atoms with Crippen LogP contribution in [0.4, 0.5) is 0 Å². The standard InChI is InChI=1S/C22H30N4O2/c27-21(14-17-6-2-1-3-7-17)20-15-19-16-25(12-13-26(19)24-20)11-10-22(28)23-18-8-4-5-9-18/h1-3,6-7,15,18,21,27H,4-5,8-14,16H2,(H,23,28)/t21-/m1/s1. The summed E-state index contributed by atoms with van der Waals surface area (Å²) in [7, 11) is 0.